The smallest absolute Gasteiger partial charge is 0.315 e. The maximum atomic E-state index is 13.0. The van der Waals surface area contributed by atoms with E-state index in [1.807, 2.05) is 30.3 Å². The summed E-state index contributed by atoms with van der Waals surface area (Å²) in [6, 6.07) is 17.0. The number of rotatable bonds is 10. The molecule has 7 nitrogen and oxygen atoms in total. The normalized spacial score (nSPS) is 13.7. The fourth-order valence-electron chi connectivity index (χ4n) is 4.20. The molecule has 1 fully saturated rings. The van der Waals surface area contributed by atoms with E-state index in [1.54, 1.807) is 25.3 Å². The molecule has 0 aliphatic carbocycles. The lowest BCUT2D eigenvalue weighted by atomic mass is 10.2. The van der Waals surface area contributed by atoms with E-state index in [2.05, 4.69) is 20.4 Å². The van der Waals surface area contributed by atoms with Gasteiger partial charge < -0.3 is 25.0 Å². The van der Waals surface area contributed by atoms with Gasteiger partial charge in [0.25, 0.3) is 0 Å². The van der Waals surface area contributed by atoms with Gasteiger partial charge in [-0.1, -0.05) is 47.5 Å². The topological polar surface area (TPSA) is 66.1 Å². The predicted octanol–water partition coefficient (Wildman–Crippen LogP) is 5.34. The quantitative estimate of drug-likeness (QED) is 0.350. The highest BCUT2D eigenvalue weighted by molar-refractivity contribution is 6.43. The van der Waals surface area contributed by atoms with E-state index >= 15 is 0 Å². The number of nitrogens with one attached hydrogen (secondary N) is 2. The summed E-state index contributed by atoms with van der Waals surface area (Å²) in [6.07, 6.45) is 0. The third-order valence-corrected chi connectivity index (χ3v) is 7.17. The number of ether oxygens (including phenoxy) is 2. The number of carbonyl (C=O) groups is 1. The van der Waals surface area contributed by atoms with Crippen LogP contribution in [0.5, 0.6) is 11.5 Å². The van der Waals surface area contributed by atoms with Crippen molar-refractivity contribution in [2.24, 2.45) is 0 Å². The zero-order chi connectivity index (χ0) is 26.9. The Kier molecular flexibility index (Phi) is 9.92. The first kappa shape index (κ1) is 27.8. The molecular weight excluding hydrogens is 530 g/mol. The van der Waals surface area contributed by atoms with Gasteiger partial charge in [0.05, 0.1) is 22.8 Å². The van der Waals surface area contributed by atoms with Crippen LogP contribution in [-0.4, -0.2) is 57.4 Å². The average molecular weight is 561 g/mol. The van der Waals surface area contributed by atoms with E-state index in [0.717, 1.165) is 49.5 Å². The Morgan fingerprint density at radius 1 is 0.921 bits per heavy atom. The molecule has 1 saturated heterocycles. The number of hydrogen-bond acceptors (Lipinski definition) is 5. The number of hydrogen-bond donors (Lipinski definition) is 2. The van der Waals surface area contributed by atoms with Crippen LogP contribution in [0.25, 0.3) is 0 Å². The first-order chi connectivity index (χ1) is 18.4. The van der Waals surface area contributed by atoms with Crippen molar-refractivity contribution >= 4 is 34.9 Å². The fraction of sp³-hybridized carbons (Fsp3) is 0.321. The molecule has 0 saturated carbocycles. The molecule has 1 aliphatic rings. The van der Waals surface area contributed by atoms with Gasteiger partial charge in [0.2, 0.25) is 0 Å². The molecule has 38 heavy (non-hydrogen) atoms. The maximum absolute atomic E-state index is 13.0. The molecule has 1 heterocycles. The lowest BCUT2D eigenvalue weighted by molar-refractivity contribution is 0.197. The summed E-state index contributed by atoms with van der Waals surface area (Å²) in [6.45, 7) is 5.48. The molecule has 0 atom stereocenters. The number of methoxy groups -OCH3 is 1. The van der Waals surface area contributed by atoms with Crippen LogP contribution in [0.2, 0.25) is 10.0 Å². The fourth-order valence-corrected chi connectivity index (χ4v) is 4.62. The van der Waals surface area contributed by atoms with Crippen LogP contribution in [0.3, 0.4) is 0 Å². The second kappa shape index (κ2) is 13.6. The Balaban J connectivity index is 1.19. The molecule has 0 unspecified atom stereocenters. The van der Waals surface area contributed by atoms with E-state index in [-0.39, 0.29) is 11.8 Å². The molecule has 202 valence electrons. The van der Waals surface area contributed by atoms with Gasteiger partial charge >= 0.3 is 6.03 Å². The largest absolute Gasteiger partial charge is 0.493 e. The van der Waals surface area contributed by atoms with Crippen molar-refractivity contribution in [1.29, 1.82) is 0 Å². The van der Waals surface area contributed by atoms with E-state index < -0.39 is 0 Å². The van der Waals surface area contributed by atoms with Crippen LogP contribution in [-0.2, 0) is 13.1 Å². The summed E-state index contributed by atoms with van der Waals surface area (Å²) in [5.74, 6) is 0.955. The molecule has 2 amide bonds. The lowest BCUT2D eigenvalue weighted by Crippen LogP contribution is -2.47. The van der Waals surface area contributed by atoms with Gasteiger partial charge in [0, 0.05) is 45.8 Å². The Morgan fingerprint density at radius 2 is 1.61 bits per heavy atom. The SMILES string of the molecule is COc1cc(CNC(=O)NCc2ccc(F)cc2)ccc1OCCN1CCN(c2cccc(Cl)c2Cl)CC1. The highest BCUT2D eigenvalue weighted by atomic mass is 35.5. The van der Waals surface area contributed by atoms with Crippen LogP contribution < -0.4 is 25.0 Å². The number of anilines is 1. The highest BCUT2D eigenvalue weighted by Crippen LogP contribution is 2.33. The first-order valence-electron chi connectivity index (χ1n) is 12.4. The monoisotopic (exact) mass is 560 g/mol. The van der Waals surface area contributed by atoms with Crippen molar-refractivity contribution in [3.8, 4) is 11.5 Å². The Morgan fingerprint density at radius 3 is 2.32 bits per heavy atom. The molecule has 0 radical (unpaired) electrons. The van der Waals surface area contributed by atoms with E-state index in [0.29, 0.717) is 41.2 Å². The summed E-state index contributed by atoms with van der Waals surface area (Å²) < 4.78 is 24.5. The van der Waals surface area contributed by atoms with Gasteiger partial charge in [-0.25, -0.2) is 9.18 Å². The van der Waals surface area contributed by atoms with Crippen LogP contribution in [0.1, 0.15) is 11.1 Å². The van der Waals surface area contributed by atoms with Gasteiger partial charge in [-0.2, -0.15) is 0 Å². The van der Waals surface area contributed by atoms with Crippen LogP contribution >= 0.6 is 23.2 Å². The lowest BCUT2D eigenvalue weighted by Gasteiger charge is -2.36. The van der Waals surface area contributed by atoms with Gasteiger partial charge in [0.1, 0.15) is 12.4 Å². The summed E-state index contributed by atoms with van der Waals surface area (Å²) in [4.78, 5) is 16.7. The minimum absolute atomic E-state index is 0.307. The minimum atomic E-state index is -0.314. The third kappa shape index (κ3) is 7.66. The highest BCUT2D eigenvalue weighted by Gasteiger charge is 2.20. The number of benzene rings is 3. The summed E-state index contributed by atoms with van der Waals surface area (Å²) >= 11 is 12.5. The van der Waals surface area contributed by atoms with Crippen molar-refractivity contribution in [2.75, 3.05) is 51.3 Å². The molecule has 0 spiro atoms. The van der Waals surface area contributed by atoms with Crippen LogP contribution in [0.15, 0.2) is 60.7 Å². The van der Waals surface area contributed by atoms with Crippen molar-refractivity contribution < 1.29 is 18.7 Å². The van der Waals surface area contributed by atoms with Crippen LogP contribution in [0, 0.1) is 5.82 Å². The van der Waals surface area contributed by atoms with Gasteiger partial charge in [-0.05, 0) is 47.5 Å². The molecule has 1 aliphatic heterocycles. The summed E-state index contributed by atoms with van der Waals surface area (Å²) in [5, 5.41) is 6.74. The maximum Gasteiger partial charge on any atom is 0.315 e. The third-order valence-electron chi connectivity index (χ3n) is 6.36. The van der Waals surface area contributed by atoms with Crippen molar-refractivity contribution in [3.63, 3.8) is 0 Å². The number of urea groups is 1. The number of halogens is 3. The second-order valence-electron chi connectivity index (χ2n) is 8.90. The molecule has 0 bridgehead atoms. The molecule has 4 rings (SSSR count). The standard InChI is InChI=1S/C28H31Cl2FN4O3/c1-37-26-17-21(19-33-28(36)32-18-20-5-8-22(31)9-6-20)7-10-25(26)38-16-15-34-11-13-35(14-12-34)24-4-2-3-23(29)27(24)30/h2-10,17H,11-16,18-19H2,1H3,(H2,32,33,36). The zero-order valence-electron chi connectivity index (χ0n) is 21.2. The number of nitrogens with zero attached hydrogens (tertiary/aromatic N) is 2. The molecular formula is C28H31Cl2FN4O3. The molecule has 0 aromatic heterocycles. The summed E-state index contributed by atoms with van der Waals surface area (Å²) in [5.41, 5.74) is 2.67. The van der Waals surface area contributed by atoms with Gasteiger partial charge in [-0.15, -0.1) is 0 Å². The first-order valence-corrected chi connectivity index (χ1v) is 13.2. The predicted molar refractivity (Wildman–Crippen MR) is 149 cm³/mol. The minimum Gasteiger partial charge on any atom is -0.493 e. The number of carbonyl (C=O) groups excluding carboxylic acids is 1. The molecule has 3 aromatic carbocycles. The van der Waals surface area contributed by atoms with Crippen molar-refractivity contribution in [2.45, 2.75) is 13.1 Å². The molecule has 10 heteroatoms. The Labute approximate surface area is 232 Å². The molecule has 2 N–H and O–H groups in total. The van der Waals surface area contributed by atoms with Gasteiger partial charge in [0.15, 0.2) is 11.5 Å². The summed E-state index contributed by atoms with van der Waals surface area (Å²) in [7, 11) is 1.59. The Bertz CT molecular complexity index is 1220. The number of amides is 2. The molecule has 3 aromatic rings. The zero-order valence-corrected chi connectivity index (χ0v) is 22.7. The number of piperazine rings is 1. The van der Waals surface area contributed by atoms with E-state index in [9.17, 15) is 9.18 Å². The van der Waals surface area contributed by atoms with Crippen molar-refractivity contribution in [3.05, 3.63) is 87.7 Å². The van der Waals surface area contributed by atoms with Crippen molar-refractivity contribution in [1.82, 2.24) is 15.5 Å². The van der Waals surface area contributed by atoms with Gasteiger partial charge in [-0.3, -0.25) is 4.90 Å². The van der Waals surface area contributed by atoms with E-state index in [4.69, 9.17) is 32.7 Å². The second-order valence-corrected chi connectivity index (χ2v) is 9.68. The Hall–Kier alpha value is -3.20. The average Bonchev–Trinajstić information content (AvgIpc) is 2.94. The van der Waals surface area contributed by atoms with Crippen LogP contribution in [0.4, 0.5) is 14.9 Å². The van der Waals surface area contributed by atoms with E-state index in [1.165, 1.54) is 12.1 Å².